The topological polar surface area (TPSA) is 16.4 Å². The summed E-state index contributed by atoms with van der Waals surface area (Å²) in [7, 11) is 0. The maximum Gasteiger partial charge on any atom is 0.143 e. The lowest BCUT2D eigenvalue weighted by Crippen LogP contribution is -2.10. The highest BCUT2D eigenvalue weighted by Crippen LogP contribution is 2.48. The van der Waals surface area contributed by atoms with Crippen molar-refractivity contribution in [3.63, 3.8) is 0 Å². The van der Waals surface area contributed by atoms with E-state index < -0.39 is 0 Å². The van der Waals surface area contributed by atoms with Gasteiger partial charge < -0.3 is 9.32 Å². The number of anilines is 3. The summed E-state index contributed by atoms with van der Waals surface area (Å²) >= 11 is 0. The largest absolute Gasteiger partial charge is 0.455 e. The smallest absolute Gasteiger partial charge is 0.143 e. The zero-order valence-corrected chi connectivity index (χ0v) is 32.7. The van der Waals surface area contributed by atoms with Crippen LogP contribution >= 0.6 is 0 Å². The average molecular weight is 764 g/mol. The molecule has 0 saturated carbocycles. The third kappa shape index (κ3) is 5.50. The molecule has 2 heteroatoms. The summed E-state index contributed by atoms with van der Waals surface area (Å²) in [6, 6.07) is 81.1. The number of furan rings is 1. The first-order chi connectivity index (χ1) is 29.8. The minimum atomic E-state index is 0.851. The van der Waals surface area contributed by atoms with Crippen LogP contribution < -0.4 is 4.90 Å². The van der Waals surface area contributed by atoms with Crippen molar-refractivity contribution in [1.29, 1.82) is 0 Å². The SMILES string of the molecule is c1ccc(-c2ccc(-c3cc4ccccc4c4c3oc3cccc(N(c5ccc(-c6ccccc6)cc5)c5ccc6c7ccccc7c7ccccc7c6c5)c34)cc2)cc1. The molecule has 1 aromatic heterocycles. The number of nitrogens with zero attached hydrogens (tertiary/aromatic N) is 1. The molecule has 11 aromatic carbocycles. The van der Waals surface area contributed by atoms with Crippen LogP contribution in [0.3, 0.4) is 0 Å². The van der Waals surface area contributed by atoms with Gasteiger partial charge in [0.2, 0.25) is 0 Å². The van der Waals surface area contributed by atoms with Crippen LogP contribution in [0.5, 0.6) is 0 Å². The van der Waals surface area contributed by atoms with Crippen LogP contribution in [0, 0.1) is 0 Å². The van der Waals surface area contributed by atoms with Crippen molar-refractivity contribution in [3.05, 3.63) is 224 Å². The van der Waals surface area contributed by atoms with Gasteiger partial charge in [-0.15, -0.1) is 0 Å². The lowest BCUT2D eigenvalue weighted by molar-refractivity contribution is 0.670. The molecule has 0 unspecified atom stereocenters. The van der Waals surface area contributed by atoms with Crippen LogP contribution in [0.15, 0.2) is 229 Å². The molecule has 0 spiro atoms. The van der Waals surface area contributed by atoms with E-state index in [1.807, 2.05) is 0 Å². The molecule has 12 aromatic rings. The van der Waals surface area contributed by atoms with Crippen molar-refractivity contribution in [2.75, 3.05) is 4.90 Å². The Kier molecular flexibility index (Phi) is 7.89. The van der Waals surface area contributed by atoms with E-state index in [1.165, 1.54) is 65.3 Å². The molecule has 280 valence electrons. The summed E-state index contributed by atoms with van der Waals surface area (Å²) < 4.78 is 7.05. The van der Waals surface area contributed by atoms with E-state index in [9.17, 15) is 0 Å². The molecule has 0 amide bonds. The Bertz CT molecular complexity index is 3530. The molecule has 0 aliphatic carbocycles. The molecule has 1 heterocycles. The highest BCUT2D eigenvalue weighted by atomic mass is 16.3. The fourth-order valence-electron chi connectivity index (χ4n) is 9.42. The maximum atomic E-state index is 7.05. The van der Waals surface area contributed by atoms with Crippen LogP contribution in [-0.2, 0) is 0 Å². The Morgan fingerprint density at radius 2 is 0.783 bits per heavy atom. The maximum absolute atomic E-state index is 7.05. The van der Waals surface area contributed by atoms with Crippen LogP contribution in [0.25, 0.3) is 98.4 Å². The van der Waals surface area contributed by atoms with Gasteiger partial charge in [0.1, 0.15) is 11.2 Å². The third-order valence-corrected chi connectivity index (χ3v) is 12.2. The number of fused-ring (bicyclic) bond motifs is 11. The summed E-state index contributed by atoms with van der Waals surface area (Å²) in [6.07, 6.45) is 0. The predicted molar refractivity (Wildman–Crippen MR) is 255 cm³/mol. The van der Waals surface area contributed by atoms with Gasteiger partial charge in [0.15, 0.2) is 0 Å². The molecule has 0 aliphatic rings. The fourth-order valence-corrected chi connectivity index (χ4v) is 9.42. The van der Waals surface area contributed by atoms with Crippen LogP contribution in [0.2, 0.25) is 0 Å². The van der Waals surface area contributed by atoms with E-state index in [-0.39, 0.29) is 0 Å². The van der Waals surface area contributed by atoms with Crippen LogP contribution in [0.4, 0.5) is 17.1 Å². The number of rotatable bonds is 6. The van der Waals surface area contributed by atoms with Crippen LogP contribution in [0.1, 0.15) is 0 Å². The molecule has 12 rings (SSSR count). The second kappa shape index (κ2) is 13.9. The Balaban J connectivity index is 1.12. The van der Waals surface area contributed by atoms with E-state index in [0.717, 1.165) is 50.1 Å². The molecule has 0 radical (unpaired) electrons. The summed E-state index contributed by atoms with van der Waals surface area (Å²) in [5, 5.41) is 12.0. The number of benzene rings is 11. The van der Waals surface area contributed by atoms with Crippen molar-refractivity contribution in [1.82, 2.24) is 0 Å². The Labute approximate surface area is 347 Å². The summed E-state index contributed by atoms with van der Waals surface area (Å²) in [4.78, 5) is 2.42. The lowest BCUT2D eigenvalue weighted by Gasteiger charge is -2.27. The van der Waals surface area contributed by atoms with Gasteiger partial charge in [-0.1, -0.05) is 182 Å². The van der Waals surface area contributed by atoms with Gasteiger partial charge >= 0.3 is 0 Å². The monoisotopic (exact) mass is 763 g/mol. The molecular formula is C58H37NO. The van der Waals surface area contributed by atoms with Gasteiger partial charge in [-0.3, -0.25) is 0 Å². The molecule has 0 bridgehead atoms. The van der Waals surface area contributed by atoms with E-state index in [0.29, 0.717) is 0 Å². The number of hydrogen-bond acceptors (Lipinski definition) is 2. The van der Waals surface area contributed by atoms with Gasteiger partial charge in [0.05, 0.1) is 11.1 Å². The van der Waals surface area contributed by atoms with Gasteiger partial charge in [-0.25, -0.2) is 0 Å². The van der Waals surface area contributed by atoms with Crippen molar-refractivity contribution in [3.8, 4) is 33.4 Å². The molecule has 2 nitrogen and oxygen atoms in total. The van der Waals surface area contributed by atoms with Gasteiger partial charge in [0.25, 0.3) is 0 Å². The second-order valence-corrected chi connectivity index (χ2v) is 15.6. The first-order valence-corrected chi connectivity index (χ1v) is 20.6. The molecule has 60 heavy (non-hydrogen) atoms. The highest BCUT2D eigenvalue weighted by Gasteiger charge is 2.24. The van der Waals surface area contributed by atoms with Gasteiger partial charge in [0, 0.05) is 22.3 Å². The normalized spacial score (nSPS) is 11.7. The standard InChI is InChI=1S/C58H37NO/c1-3-14-38(15-4-1)40-26-28-42(29-27-40)52-36-43-18-7-8-19-46(43)56-57-54(24-13-25-55(57)60-58(52)56)59(44-32-30-41(31-33-44)39-16-5-2-6-17-39)45-34-35-51-49-22-10-9-20-47(49)48-21-11-12-23-50(48)53(51)37-45/h1-37H. The summed E-state index contributed by atoms with van der Waals surface area (Å²) in [5.41, 5.74) is 11.9. The molecular weight excluding hydrogens is 727 g/mol. The predicted octanol–water partition coefficient (Wildman–Crippen LogP) is 16.7. The molecule has 0 fully saturated rings. The Morgan fingerprint density at radius 1 is 0.300 bits per heavy atom. The van der Waals surface area contributed by atoms with Crippen molar-refractivity contribution in [2.45, 2.75) is 0 Å². The van der Waals surface area contributed by atoms with Crippen LogP contribution in [-0.4, -0.2) is 0 Å². The fraction of sp³-hybridized carbons (Fsp3) is 0. The first kappa shape index (κ1) is 34.1. The van der Waals surface area contributed by atoms with Gasteiger partial charge in [-0.2, -0.15) is 0 Å². The summed E-state index contributed by atoms with van der Waals surface area (Å²) in [5.74, 6) is 0. The van der Waals surface area contributed by atoms with E-state index >= 15 is 0 Å². The third-order valence-electron chi connectivity index (χ3n) is 12.2. The molecule has 0 atom stereocenters. The molecule has 0 aliphatic heterocycles. The van der Waals surface area contributed by atoms with E-state index in [1.54, 1.807) is 0 Å². The van der Waals surface area contributed by atoms with Crippen molar-refractivity contribution >= 4 is 82.1 Å². The first-order valence-electron chi connectivity index (χ1n) is 20.6. The van der Waals surface area contributed by atoms with Crippen molar-refractivity contribution in [2.24, 2.45) is 0 Å². The summed E-state index contributed by atoms with van der Waals surface area (Å²) in [6.45, 7) is 0. The Morgan fingerprint density at radius 3 is 1.42 bits per heavy atom. The second-order valence-electron chi connectivity index (χ2n) is 15.6. The van der Waals surface area contributed by atoms with E-state index in [4.69, 9.17) is 4.42 Å². The quantitative estimate of drug-likeness (QED) is 0.157. The number of hydrogen-bond donors (Lipinski definition) is 0. The minimum Gasteiger partial charge on any atom is -0.455 e. The Hall–Kier alpha value is -7.94. The van der Waals surface area contributed by atoms with Crippen molar-refractivity contribution < 1.29 is 4.42 Å². The molecule has 0 saturated heterocycles. The zero-order chi connectivity index (χ0) is 39.6. The highest BCUT2D eigenvalue weighted by molar-refractivity contribution is 6.28. The van der Waals surface area contributed by atoms with Gasteiger partial charge in [-0.05, 0) is 113 Å². The average Bonchev–Trinajstić information content (AvgIpc) is 3.73. The van der Waals surface area contributed by atoms with E-state index in [2.05, 4.69) is 229 Å². The zero-order valence-electron chi connectivity index (χ0n) is 32.7. The molecule has 0 N–H and O–H groups in total. The lowest BCUT2D eigenvalue weighted by atomic mass is 9.93. The minimum absolute atomic E-state index is 0.851.